The van der Waals surface area contributed by atoms with E-state index in [2.05, 4.69) is 111 Å². The number of hydrogen-bond donors (Lipinski definition) is 3. The number of H-pyrrole nitrogens is 1. The molecule has 0 spiro atoms. The van der Waals surface area contributed by atoms with E-state index in [1.807, 2.05) is 30.4 Å². The van der Waals surface area contributed by atoms with Gasteiger partial charge in [0, 0.05) is 39.2 Å². The maximum atomic E-state index is 11.4. The molecule has 0 unspecified atom stereocenters. The number of phenolic OH excluding ortho intramolecular Hbond substituents is 2. The fourth-order valence-electron chi connectivity index (χ4n) is 6.43. The Morgan fingerprint density at radius 3 is 1.68 bits per heavy atom. The van der Waals surface area contributed by atoms with Crippen LogP contribution in [0.15, 0.2) is 71.4 Å². The van der Waals surface area contributed by atoms with Gasteiger partial charge in [0.1, 0.15) is 11.5 Å². The number of aromatic nitrogens is 1. The molecule has 4 nitrogen and oxygen atoms in total. The van der Waals surface area contributed by atoms with E-state index in [-0.39, 0.29) is 16.6 Å². The van der Waals surface area contributed by atoms with Crippen LogP contribution in [0.1, 0.15) is 97.3 Å². The highest BCUT2D eigenvalue weighted by Gasteiger charge is 2.26. The van der Waals surface area contributed by atoms with Gasteiger partial charge in [-0.05, 0) is 110 Å². The molecule has 3 N–H and O–H groups in total. The molecule has 0 saturated carbocycles. The minimum Gasteiger partial charge on any atom is -0.507 e. The summed E-state index contributed by atoms with van der Waals surface area (Å²) >= 11 is 0. The van der Waals surface area contributed by atoms with E-state index in [0.717, 1.165) is 67.3 Å². The van der Waals surface area contributed by atoms with E-state index in [0.29, 0.717) is 5.75 Å². The molecule has 1 aliphatic rings. The standard InChI is InChI=1S/C40H46N2O2/c1-22-16-25(4)35(26(5)17-22)36(33-14-12-31(41-33)27-18-23(2)20-29(37(27)43)39(6,7)8)34-15-13-32(42-34)28-19-24(3)21-30(38(28)44)40(9,10)11/h12-21,41,43-44H,1-11H3/b36-34-. The summed E-state index contributed by atoms with van der Waals surface area (Å²) in [7, 11) is 0. The van der Waals surface area contributed by atoms with E-state index in [4.69, 9.17) is 4.99 Å². The van der Waals surface area contributed by atoms with Crippen molar-refractivity contribution in [3.8, 4) is 22.8 Å². The van der Waals surface area contributed by atoms with Crippen molar-refractivity contribution in [2.75, 3.05) is 0 Å². The summed E-state index contributed by atoms with van der Waals surface area (Å²) in [6.45, 7) is 23.2. The van der Waals surface area contributed by atoms with Crippen molar-refractivity contribution < 1.29 is 10.2 Å². The van der Waals surface area contributed by atoms with Gasteiger partial charge in [-0.25, -0.2) is 4.99 Å². The molecule has 0 radical (unpaired) electrons. The molecule has 0 amide bonds. The van der Waals surface area contributed by atoms with Crippen LogP contribution in [0.5, 0.6) is 11.5 Å². The molecular weight excluding hydrogens is 540 g/mol. The lowest BCUT2D eigenvalue weighted by atomic mass is 9.83. The number of aryl methyl sites for hydroxylation is 5. The average molecular weight is 587 g/mol. The SMILES string of the molecule is Cc1cc(C)c(/C(=C2/C=CC(c3cc(C)cc(C(C)(C)C)c3O)=N2)c2ccc(-c3cc(C)cc(C(C)(C)C)c3O)[nH]2)c(C)c1. The van der Waals surface area contributed by atoms with Crippen molar-refractivity contribution in [1.29, 1.82) is 0 Å². The Hall–Kier alpha value is -4.31. The summed E-state index contributed by atoms with van der Waals surface area (Å²) in [6.07, 6.45) is 4.05. The van der Waals surface area contributed by atoms with Gasteiger partial charge in [-0.3, -0.25) is 0 Å². The zero-order valence-electron chi connectivity index (χ0n) is 28.1. The third-order valence-corrected chi connectivity index (χ3v) is 8.47. The van der Waals surface area contributed by atoms with Crippen LogP contribution >= 0.6 is 0 Å². The normalized spacial score (nSPS) is 14.8. The first-order valence-corrected chi connectivity index (χ1v) is 15.4. The topological polar surface area (TPSA) is 68.6 Å². The smallest absolute Gasteiger partial charge is 0.128 e. The predicted molar refractivity (Wildman–Crippen MR) is 185 cm³/mol. The van der Waals surface area contributed by atoms with Crippen LogP contribution in [0, 0.1) is 34.6 Å². The molecule has 4 heteroatoms. The van der Waals surface area contributed by atoms with Gasteiger partial charge >= 0.3 is 0 Å². The lowest BCUT2D eigenvalue weighted by Gasteiger charge is -2.23. The van der Waals surface area contributed by atoms with Crippen molar-refractivity contribution in [2.24, 2.45) is 4.99 Å². The first kappa shape index (κ1) is 31.1. The Balaban J connectivity index is 1.74. The van der Waals surface area contributed by atoms with Gasteiger partial charge in [-0.15, -0.1) is 0 Å². The third-order valence-electron chi connectivity index (χ3n) is 8.47. The summed E-state index contributed by atoms with van der Waals surface area (Å²) in [5, 5.41) is 22.8. The number of hydrogen-bond acceptors (Lipinski definition) is 3. The average Bonchev–Trinajstić information content (AvgIpc) is 3.57. The van der Waals surface area contributed by atoms with E-state index in [9.17, 15) is 10.2 Å². The Morgan fingerprint density at radius 1 is 0.636 bits per heavy atom. The molecule has 0 aliphatic carbocycles. The Morgan fingerprint density at radius 2 is 1.14 bits per heavy atom. The highest BCUT2D eigenvalue weighted by atomic mass is 16.3. The number of nitrogens with zero attached hydrogens (tertiary/aromatic N) is 1. The number of aliphatic imine (C=N–C) groups is 1. The molecule has 3 aromatic carbocycles. The van der Waals surface area contributed by atoms with E-state index >= 15 is 0 Å². The first-order valence-electron chi connectivity index (χ1n) is 15.4. The maximum Gasteiger partial charge on any atom is 0.128 e. The minimum atomic E-state index is -0.206. The number of phenols is 2. The molecule has 0 fully saturated rings. The van der Waals surface area contributed by atoms with Gasteiger partial charge in [0.05, 0.1) is 11.4 Å². The van der Waals surface area contributed by atoms with Gasteiger partial charge in [0.15, 0.2) is 0 Å². The van der Waals surface area contributed by atoms with Gasteiger partial charge in [-0.2, -0.15) is 0 Å². The number of benzene rings is 3. The number of aromatic amines is 1. The number of aromatic hydroxyl groups is 2. The van der Waals surface area contributed by atoms with Crippen LogP contribution in [0.4, 0.5) is 0 Å². The fourth-order valence-corrected chi connectivity index (χ4v) is 6.43. The second kappa shape index (κ2) is 11.0. The summed E-state index contributed by atoms with van der Waals surface area (Å²) < 4.78 is 0. The second-order valence-corrected chi connectivity index (χ2v) is 14.6. The Bertz CT molecular complexity index is 1860. The zero-order valence-corrected chi connectivity index (χ0v) is 28.1. The molecule has 1 aliphatic heterocycles. The van der Waals surface area contributed by atoms with E-state index in [1.165, 1.54) is 16.7 Å². The molecule has 1 aromatic heterocycles. The molecule has 228 valence electrons. The quantitative estimate of drug-likeness (QED) is 0.223. The Kier molecular flexibility index (Phi) is 7.78. The van der Waals surface area contributed by atoms with E-state index < -0.39 is 0 Å². The molecule has 0 atom stereocenters. The molecule has 5 rings (SSSR count). The predicted octanol–water partition coefficient (Wildman–Crippen LogP) is 10.0. The summed E-state index contributed by atoms with van der Waals surface area (Å²) in [5.41, 5.74) is 14.1. The number of rotatable bonds is 4. The highest BCUT2D eigenvalue weighted by molar-refractivity contribution is 6.14. The number of nitrogens with one attached hydrogen (secondary N) is 1. The van der Waals surface area contributed by atoms with Crippen molar-refractivity contribution in [3.05, 3.63) is 122 Å². The maximum absolute atomic E-state index is 11.4. The van der Waals surface area contributed by atoms with Gasteiger partial charge in [0.2, 0.25) is 0 Å². The lowest BCUT2D eigenvalue weighted by Crippen LogP contribution is -2.13. The van der Waals surface area contributed by atoms with Crippen LogP contribution in [-0.4, -0.2) is 20.9 Å². The molecule has 0 bridgehead atoms. The summed E-state index contributed by atoms with van der Waals surface area (Å²) in [4.78, 5) is 8.81. The molecule has 2 heterocycles. The van der Waals surface area contributed by atoms with Gasteiger partial charge < -0.3 is 15.2 Å². The van der Waals surface area contributed by atoms with Crippen LogP contribution in [0.2, 0.25) is 0 Å². The van der Waals surface area contributed by atoms with Crippen molar-refractivity contribution in [3.63, 3.8) is 0 Å². The fraction of sp³-hybridized carbons (Fsp3) is 0.325. The van der Waals surface area contributed by atoms with Crippen LogP contribution < -0.4 is 0 Å². The summed E-state index contributed by atoms with van der Waals surface area (Å²) in [6, 6.07) is 16.7. The van der Waals surface area contributed by atoms with Crippen molar-refractivity contribution in [1.82, 2.24) is 4.98 Å². The molecular formula is C40H46N2O2. The lowest BCUT2D eigenvalue weighted by molar-refractivity contribution is 0.445. The molecule has 0 saturated heterocycles. The van der Waals surface area contributed by atoms with Crippen molar-refractivity contribution >= 4 is 11.3 Å². The largest absolute Gasteiger partial charge is 0.507 e. The second-order valence-electron chi connectivity index (χ2n) is 14.6. The van der Waals surface area contributed by atoms with Crippen LogP contribution in [-0.2, 0) is 10.8 Å². The van der Waals surface area contributed by atoms with E-state index in [1.54, 1.807) is 0 Å². The zero-order chi connectivity index (χ0) is 32.3. The molecule has 44 heavy (non-hydrogen) atoms. The number of allylic oxidation sites excluding steroid dienone is 2. The van der Waals surface area contributed by atoms with Gasteiger partial charge in [0.25, 0.3) is 0 Å². The third kappa shape index (κ3) is 5.78. The van der Waals surface area contributed by atoms with Crippen LogP contribution in [0.25, 0.3) is 16.8 Å². The highest BCUT2D eigenvalue weighted by Crippen LogP contribution is 2.42. The first-order chi connectivity index (χ1) is 20.5. The van der Waals surface area contributed by atoms with Gasteiger partial charge in [-0.1, -0.05) is 71.4 Å². The van der Waals surface area contributed by atoms with Crippen molar-refractivity contribution in [2.45, 2.75) is 87.0 Å². The summed E-state index contributed by atoms with van der Waals surface area (Å²) in [5.74, 6) is 0.586. The molecule has 4 aromatic rings. The van der Waals surface area contributed by atoms with Crippen LogP contribution in [0.3, 0.4) is 0 Å². The monoisotopic (exact) mass is 586 g/mol. The minimum absolute atomic E-state index is 0.197. The Labute approximate surface area is 262 Å².